The Bertz CT molecular complexity index is 2210. The Kier molecular flexibility index (Phi) is 30.4. The zero-order chi connectivity index (χ0) is 63.7. The van der Waals surface area contributed by atoms with E-state index < -0.39 is 156 Å². The first-order valence-corrected chi connectivity index (χ1v) is 29.3. The van der Waals surface area contributed by atoms with E-state index in [9.17, 15) is 48.6 Å². The maximum atomic E-state index is 15.1. The lowest BCUT2D eigenvalue weighted by Gasteiger charge is -2.41. The molecule has 1 fully saturated rings. The highest BCUT2D eigenvalue weighted by molar-refractivity contribution is 5.98. The van der Waals surface area contributed by atoms with Crippen molar-refractivity contribution in [2.24, 2.45) is 35.5 Å². The van der Waals surface area contributed by atoms with E-state index in [1.165, 1.54) is 94.6 Å². The van der Waals surface area contributed by atoms with Crippen LogP contribution in [0.3, 0.4) is 0 Å². The highest BCUT2D eigenvalue weighted by Crippen LogP contribution is 2.25. The van der Waals surface area contributed by atoms with Crippen molar-refractivity contribution >= 4 is 59.1 Å². The van der Waals surface area contributed by atoms with Gasteiger partial charge in [-0.2, -0.15) is 0 Å². The number of hydrogen-bond acceptors (Lipinski definition) is 13. The maximum Gasteiger partial charge on any atom is 0.246 e. The molecule has 0 bridgehead atoms. The first-order valence-electron chi connectivity index (χ1n) is 29.3. The number of nitrogens with one attached hydrogen (secondary N) is 4. The largest absolute Gasteiger partial charge is 0.390 e. The van der Waals surface area contributed by atoms with Gasteiger partial charge in [0.05, 0.1) is 24.7 Å². The number of likely N-dealkylation sites (N-methyl/N-ethyl adjacent to an activating group) is 7. The van der Waals surface area contributed by atoms with Gasteiger partial charge in [0.15, 0.2) is 0 Å². The van der Waals surface area contributed by atoms with E-state index in [-0.39, 0.29) is 43.4 Å². The van der Waals surface area contributed by atoms with Gasteiger partial charge < -0.3 is 60.5 Å². The van der Waals surface area contributed by atoms with Gasteiger partial charge in [-0.25, -0.2) is 0 Å². The Balaban J connectivity index is 4.24. The van der Waals surface area contributed by atoms with E-state index in [1.807, 2.05) is 47.6 Å². The Morgan fingerprint density at radius 1 is 0.537 bits per heavy atom. The van der Waals surface area contributed by atoms with Crippen molar-refractivity contribution in [3.8, 4) is 0 Å². The Labute approximate surface area is 490 Å². The molecule has 0 aromatic heterocycles. The minimum Gasteiger partial charge on any atom is -0.390 e. The summed E-state index contributed by atoms with van der Waals surface area (Å²) < 4.78 is 0. The lowest BCUT2D eigenvalue weighted by molar-refractivity contribution is -0.157. The summed E-state index contributed by atoms with van der Waals surface area (Å²) in [5.74, 6) is -8.64. The van der Waals surface area contributed by atoms with Crippen molar-refractivity contribution in [3.63, 3.8) is 0 Å². The van der Waals surface area contributed by atoms with E-state index in [2.05, 4.69) is 21.3 Å². The first kappa shape index (κ1) is 74.3. The molecule has 13 atom stereocenters. The van der Waals surface area contributed by atoms with Gasteiger partial charge in [-0.3, -0.25) is 53.3 Å². The van der Waals surface area contributed by atoms with Crippen LogP contribution in [0.1, 0.15) is 143 Å². The standard InChI is InChI=1S/C59H107N11O12/c1-24-26-27-37(13)49(72)48-53(76)62-41(25-2)55(78)64(17)31-45(71)66(19)42(28-32(3)4)52(75)63-46(35(9)10)58(81)65(18)40(16)51(74)60-38(14)50(73)61-39(15)54(77)67(20)43(29-33(5)6)56(79)68(21)44(30-34(7)8)57(80)69(22)47(36(11)12)59(82)70(48)23/h24,26,32-44,46-49,52,63,72,75H,25,27-31H2,1-23H3,(H,60,74)(H,61,73)(H,62,76)/b26-24+/t37-,38+,39-,40+,41+,42+,43+,44-,46+,47+,48+,49-,52?/m1/s1. The number of hydrogen-bond donors (Lipinski definition) is 6. The fourth-order valence-corrected chi connectivity index (χ4v) is 10.2. The van der Waals surface area contributed by atoms with Crippen LogP contribution in [-0.2, 0) is 47.9 Å². The molecule has 1 heterocycles. The quantitative estimate of drug-likeness (QED) is 0.144. The SMILES string of the molecule is C/C=C/C[C@@H](C)[C@@H](O)[C@H]1C(=O)N[C@@H](CC)C(=O)N(C)CC(=O)N(C)[C@@H](CC(C)C)C(O)N[C@@H](C(C)C)C(=O)N(C)[C@@H](C)C(=O)N[C@@H](C)C(=O)N[C@H](C)C(=O)N(C)[C@@H](CC(C)C)C(=O)N(C)[C@H](CC(C)C)C(=O)N(C)[C@@H](C(C)C)C(=O)N1C. The van der Waals surface area contributed by atoms with Gasteiger partial charge in [-0.05, 0) is 95.3 Å². The Hall–Kier alpha value is -5.68. The summed E-state index contributed by atoms with van der Waals surface area (Å²) in [5, 5.41) is 34.9. The number of amides is 10. The molecule has 23 nitrogen and oxygen atoms in total. The third kappa shape index (κ3) is 20.3. The van der Waals surface area contributed by atoms with Crippen molar-refractivity contribution in [1.29, 1.82) is 0 Å². The lowest BCUT2D eigenvalue weighted by atomic mass is 9.91. The molecule has 0 aromatic carbocycles. The molecule has 0 spiro atoms. The lowest BCUT2D eigenvalue weighted by Crippen LogP contribution is -2.63. The van der Waals surface area contributed by atoms with Gasteiger partial charge in [0.1, 0.15) is 54.6 Å². The number of carbonyl (C=O) groups excluding carboxylic acids is 10. The van der Waals surface area contributed by atoms with Gasteiger partial charge in [-0.15, -0.1) is 0 Å². The van der Waals surface area contributed by atoms with Crippen LogP contribution in [0, 0.1) is 35.5 Å². The number of nitrogens with zero attached hydrogens (tertiary/aromatic N) is 7. The average Bonchev–Trinajstić information content (AvgIpc) is 3.40. The minimum atomic E-state index is -1.60. The van der Waals surface area contributed by atoms with Crippen LogP contribution in [0.2, 0.25) is 0 Å². The van der Waals surface area contributed by atoms with Gasteiger partial charge in [0.25, 0.3) is 0 Å². The predicted octanol–water partition coefficient (Wildman–Crippen LogP) is 2.03. The van der Waals surface area contributed by atoms with Crippen LogP contribution in [0.25, 0.3) is 0 Å². The van der Waals surface area contributed by atoms with Crippen LogP contribution in [0.5, 0.6) is 0 Å². The molecule has 1 aliphatic heterocycles. The van der Waals surface area contributed by atoms with Crippen LogP contribution < -0.4 is 21.3 Å². The van der Waals surface area contributed by atoms with E-state index in [1.54, 1.807) is 54.5 Å². The van der Waals surface area contributed by atoms with Crippen molar-refractivity contribution < 1.29 is 58.2 Å². The van der Waals surface area contributed by atoms with Gasteiger partial charge >= 0.3 is 0 Å². The highest BCUT2D eigenvalue weighted by Gasteiger charge is 2.45. The monoisotopic (exact) mass is 1160 g/mol. The van der Waals surface area contributed by atoms with Gasteiger partial charge in [-0.1, -0.05) is 95.2 Å². The van der Waals surface area contributed by atoms with E-state index in [0.717, 1.165) is 9.80 Å². The van der Waals surface area contributed by atoms with Crippen LogP contribution >= 0.6 is 0 Å². The summed E-state index contributed by atoms with van der Waals surface area (Å²) >= 11 is 0. The Morgan fingerprint density at radius 2 is 1.01 bits per heavy atom. The molecule has 1 rings (SSSR count). The molecule has 1 aliphatic rings. The summed E-state index contributed by atoms with van der Waals surface area (Å²) in [5.41, 5.74) is 0. The van der Waals surface area contributed by atoms with Crippen molar-refractivity contribution in [2.75, 3.05) is 55.9 Å². The molecule has 6 N–H and O–H groups in total. The van der Waals surface area contributed by atoms with Crippen molar-refractivity contribution in [1.82, 2.24) is 55.6 Å². The van der Waals surface area contributed by atoms with Crippen molar-refractivity contribution in [3.05, 3.63) is 12.2 Å². The van der Waals surface area contributed by atoms with E-state index in [0.29, 0.717) is 6.42 Å². The van der Waals surface area contributed by atoms with E-state index >= 15 is 9.59 Å². The summed E-state index contributed by atoms with van der Waals surface area (Å²) in [4.78, 5) is 153. The fourth-order valence-electron chi connectivity index (χ4n) is 10.2. The van der Waals surface area contributed by atoms with Crippen LogP contribution in [0.15, 0.2) is 12.2 Å². The molecule has 470 valence electrons. The number of aliphatic hydroxyl groups excluding tert-OH is 2. The van der Waals surface area contributed by atoms with Crippen LogP contribution in [-0.4, -0.2) is 232 Å². The third-order valence-corrected chi connectivity index (χ3v) is 15.7. The highest BCUT2D eigenvalue weighted by atomic mass is 16.3. The fraction of sp³-hybridized carbons (Fsp3) is 0.797. The molecule has 0 aliphatic carbocycles. The molecule has 1 unspecified atom stereocenters. The minimum absolute atomic E-state index is 0.0376. The molecule has 82 heavy (non-hydrogen) atoms. The molecule has 0 aromatic rings. The summed E-state index contributed by atoms with van der Waals surface area (Å²) in [6, 6.07) is -11.9. The molecule has 1 saturated heterocycles. The second-order valence-corrected chi connectivity index (χ2v) is 24.8. The van der Waals surface area contributed by atoms with E-state index in [4.69, 9.17) is 0 Å². The number of rotatable bonds is 13. The summed E-state index contributed by atoms with van der Waals surface area (Å²) in [6.45, 7) is 27.2. The summed E-state index contributed by atoms with van der Waals surface area (Å²) in [7, 11) is 9.95. The van der Waals surface area contributed by atoms with Gasteiger partial charge in [0, 0.05) is 49.3 Å². The molecule has 0 saturated carbocycles. The second-order valence-electron chi connectivity index (χ2n) is 24.8. The third-order valence-electron chi connectivity index (χ3n) is 15.7. The molecule has 23 heteroatoms. The molecule has 10 amide bonds. The zero-order valence-electron chi connectivity index (χ0n) is 53.9. The van der Waals surface area contributed by atoms with Crippen LogP contribution in [0.4, 0.5) is 0 Å². The second kappa shape index (κ2) is 33.6. The zero-order valence-corrected chi connectivity index (χ0v) is 53.9. The topological polar surface area (TPSA) is 282 Å². The average molecular weight is 1160 g/mol. The molecular formula is C59H107N11O12. The van der Waals surface area contributed by atoms with Gasteiger partial charge in [0.2, 0.25) is 59.1 Å². The first-order chi connectivity index (χ1) is 37.8. The Morgan fingerprint density at radius 3 is 1.48 bits per heavy atom. The number of allylic oxidation sites excluding steroid dienone is 2. The number of aliphatic hydroxyl groups is 2. The predicted molar refractivity (Wildman–Crippen MR) is 316 cm³/mol. The smallest absolute Gasteiger partial charge is 0.246 e. The molecular weight excluding hydrogens is 1050 g/mol. The normalized spacial score (nSPS) is 28.4. The summed E-state index contributed by atoms with van der Waals surface area (Å²) in [6.07, 6.45) is 1.53. The van der Waals surface area contributed by atoms with Crippen molar-refractivity contribution in [2.45, 2.75) is 216 Å². The molecule has 0 radical (unpaired) electrons. The number of carbonyl (C=O) groups is 10. The maximum absolute atomic E-state index is 15.1.